The Morgan fingerprint density at radius 3 is 2.59 bits per heavy atom. The van der Waals surface area contributed by atoms with Gasteiger partial charge in [-0.25, -0.2) is 9.18 Å². The summed E-state index contributed by atoms with van der Waals surface area (Å²) in [4.78, 5) is 16.6. The second-order valence-electron chi connectivity index (χ2n) is 7.72. The molecule has 0 saturated carbocycles. The van der Waals surface area contributed by atoms with E-state index in [2.05, 4.69) is 14.8 Å². The lowest BCUT2D eigenvalue weighted by Gasteiger charge is -2.28. The van der Waals surface area contributed by atoms with E-state index in [9.17, 15) is 9.18 Å². The van der Waals surface area contributed by atoms with Crippen molar-refractivity contribution < 1.29 is 13.9 Å². The first-order valence-corrected chi connectivity index (χ1v) is 10.9. The van der Waals surface area contributed by atoms with Crippen LogP contribution < -0.4 is 14.5 Å². The number of amides is 2. The van der Waals surface area contributed by atoms with Gasteiger partial charge in [-0.2, -0.15) is 0 Å². The first-order chi connectivity index (χ1) is 15.5. The molecule has 1 aromatic heterocycles. The van der Waals surface area contributed by atoms with Crippen LogP contribution in [0.15, 0.2) is 42.5 Å². The van der Waals surface area contributed by atoms with Crippen molar-refractivity contribution in [1.82, 2.24) is 14.8 Å². The summed E-state index contributed by atoms with van der Waals surface area (Å²) in [7, 11) is 3.22. The van der Waals surface area contributed by atoms with Crippen LogP contribution in [0.3, 0.4) is 0 Å². The van der Waals surface area contributed by atoms with Gasteiger partial charge in [-0.1, -0.05) is 18.0 Å². The predicted octanol–water partition coefficient (Wildman–Crippen LogP) is 5.07. The quantitative estimate of drug-likeness (QED) is 0.536. The van der Waals surface area contributed by atoms with Gasteiger partial charge < -0.3 is 9.30 Å². The molecule has 0 fully saturated rings. The third kappa shape index (κ3) is 4.55. The Kier molecular flexibility index (Phi) is 6.60. The van der Waals surface area contributed by atoms with E-state index in [4.69, 9.17) is 16.3 Å². The Morgan fingerprint density at radius 1 is 1.12 bits per heavy atom. The third-order valence-corrected chi connectivity index (χ3v) is 5.97. The molecule has 168 valence electrons. The van der Waals surface area contributed by atoms with Gasteiger partial charge in [-0.3, -0.25) is 9.80 Å². The van der Waals surface area contributed by atoms with Crippen molar-refractivity contribution >= 4 is 29.0 Å². The summed E-state index contributed by atoms with van der Waals surface area (Å²) in [6.45, 7) is 1.09. The molecule has 0 unspecified atom stereocenters. The molecule has 32 heavy (non-hydrogen) atoms. The van der Waals surface area contributed by atoms with Crippen molar-refractivity contribution in [3.63, 3.8) is 0 Å². The van der Waals surface area contributed by atoms with E-state index in [1.165, 1.54) is 23.1 Å². The molecule has 2 heterocycles. The third-order valence-electron chi connectivity index (χ3n) is 5.68. The molecule has 7 nitrogen and oxygen atoms in total. The highest BCUT2D eigenvalue weighted by Gasteiger charge is 2.25. The number of hydrogen-bond acceptors (Lipinski definition) is 4. The number of nitrogens with zero attached hydrogens (tertiary/aromatic N) is 5. The van der Waals surface area contributed by atoms with Gasteiger partial charge in [0.15, 0.2) is 5.82 Å². The SMILES string of the molecule is COc1ccc(N(Cc2nnc3n2CCCCC3)C(=O)N(C)c2ccc(F)c(Cl)c2)cc1. The highest BCUT2D eigenvalue weighted by atomic mass is 35.5. The molecule has 0 saturated heterocycles. The van der Waals surface area contributed by atoms with Crippen molar-refractivity contribution in [1.29, 1.82) is 0 Å². The molecule has 0 bridgehead atoms. The summed E-state index contributed by atoms with van der Waals surface area (Å²) >= 11 is 5.94. The van der Waals surface area contributed by atoms with Crippen LogP contribution in [-0.2, 0) is 19.5 Å². The van der Waals surface area contributed by atoms with Crippen molar-refractivity contribution in [2.24, 2.45) is 0 Å². The first kappa shape index (κ1) is 22.1. The van der Waals surface area contributed by atoms with Crippen LogP contribution >= 0.6 is 11.6 Å². The molecule has 9 heteroatoms. The number of rotatable bonds is 5. The van der Waals surface area contributed by atoms with Gasteiger partial charge >= 0.3 is 6.03 Å². The predicted molar refractivity (Wildman–Crippen MR) is 122 cm³/mol. The van der Waals surface area contributed by atoms with Crippen molar-refractivity contribution in [3.8, 4) is 5.75 Å². The van der Waals surface area contributed by atoms with E-state index in [1.54, 1.807) is 31.2 Å². The number of hydrogen-bond donors (Lipinski definition) is 0. The number of anilines is 2. The second kappa shape index (κ2) is 9.56. The van der Waals surface area contributed by atoms with Gasteiger partial charge in [0.2, 0.25) is 0 Å². The lowest BCUT2D eigenvalue weighted by Crippen LogP contribution is -2.41. The zero-order valence-corrected chi connectivity index (χ0v) is 18.8. The van der Waals surface area contributed by atoms with Crippen LogP contribution in [-0.4, -0.2) is 35.0 Å². The maximum absolute atomic E-state index is 13.6. The number of urea groups is 1. The number of carbonyl (C=O) groups is 1. The Hall–Kier alpha value is -3.13. The molecular formula is C23H25ClFN5O2. The molecule has 0 aliphatic carbocycles. The number of benzene rings is 2. The largest absolute Gasteiger partial charge is 0.497 e. The van der Waals surface area contributed by atoms with Crippen molar-refractivity contribution in [2.75, 3.05) is 24.0 Å². The number of ether oxygens (including phenoxy) is 1. The van der Waals surface area contributed by atoms with Gasteiger partial charge in [-0.05, 0) is 55.3 Å². The second-order valence-corrected chi connectivity index (χ2v) is 8.13. The maximum Gasteiger partial charge on any atom is 0.329 e. The summed E-state index contributed by atoms with van der Waals surface area (Å²) in [6, 6.07) is 11.1. The maximum atomic E-state index is 13.6. The average molecular weight is 458 g/mol. The van der Waals surface area contributed by atoms with Gasteiger partial charge in [0, 0.05) is 31.4 Å². The highest BCUT2D eigenvalue weighted by molar-refractivity contribution is 6.31. The number of aromatic nitrogens is 3. The van der Waals surface area contributed by atoms with Gasteiger partial charge in [0.05, 0.1) is 18.7 Å². The molecule has 0 atom stereocenters. The molecule has 1 aliphatic heterocycles. The van der Waals surface area contributed by atoms with Crippen LogP contribution in [0.5, 0.6) is 5.75 Å². The van der Waals surface area contributed by atoms with Crippen LogP contribution in [0, 0.1) is 5.82 Å². The van der Waals surface area contributed by atoms with Gasteiger partial charge in [-0.15, -0.1) is 10.2 Å². The number of methoxy groups -OCH3 is 1. The molecule has 0 N–H and O–H groups in total. The van der Waals surface area contributed by atoms with Crippen molar-refractivity contribution in [3.05, 3.63) is 65.0 Å². The Bertz CT molecular complexity index is 1100. The summed E-state index contributed by atoms with van der Waals surface area (Å²) < 4.78 is 21.0. The molecule has 4 rings (SSSR count). The Balaban J connectivity index is 1.68. The zero-order chi connectivity index (χ0) is 22.7. The zero-order valence-electron chi connectivity index (χ0n) is 18.1. The average Bonchev–Trinajstić information content (AvgIpc) is 3.03. The molecule has 3 aromatic rings. The topological polar surface area (TPSA) is 63.5 Å². The molecule has 0 spiro atoms. The fourth-order valence-corrected chi connectivity index (χ4v) is 4.00. The monoisotopic (exact) mass is 457 g/mol. The minimum atomic E-state index is -0.533. The van der Waals surface area contributed by atoms with E-state index in [-0.39, 0.29) is 17.6 Å². The Labute approximate surface area is 191 Å². The Morgan fingerprint density at radius 2 is 1.88 bits per heavy atom. The van der Waals surface area contributed by atoms with Crippen LogP contribution in [0.25, 0.3) is 0 Å². The van der Waals surface area contributed by atoms with Crippen LogP contribution in [0.2, 0.25) is 5.02 Å². The number of aryl methyl sites for hydroxylation is 1. The van der Waals surface area contributed by atoms with E-state index in [0.717, 1.165) is 43.9 Å². The normalized spacial score (nSPS) is 13.2. The van der Waals surface area contributed by atoms with Crippen LogP contribution in [0.4, 0.5) is 20.6 Å². The number of fused-ring (bicyclic) bond motifs is 1. The summed E-state index contributed by atoms with van der Waals surface area (Å²) in [5.74, 6) is 1.85. The van der Waals surface area contributed by atoms with Gasteiger partial charge in [0.1, 0.15) is 17.4 Å². The lowest BCUT2D eigenvalue weighted by atomic mass is 10.2. The molecular weight excluding hydrogens is 433 g/mol. The number of carbonyl (C=O) groups excluding carboxylic acids is 1. The highest BCUT2D eigenvalue weighted by Crippen LogP contribution is 2.27. The van der Waals surface area contributed by atoms with E-state index in [0.29, 0.717) is 17.1 Å². The molecule has 0 radical (unpaired) electrons. The van der Waals surface area contributed by atoms with Gasteiger partial charge in [0.25, 0.3) is 0 Å². The minimum absolute atomic E-state index is 0.0408. The fraction of sp³-hybridized carbons (Fsp3) is 0.348. The molecule has 2 amide bonds. The van der Waals surface area contributed by atoms with E-state index in [1.807, 2.05) is 12.1 Å². The van der Waals surface area contributed by atoms with E-state index < -0.39 is 5.82 Å². The van der Waals surface area contributed by atoms with Crippen molar-refractivity contribution in [2.45, 2.75) is 38.8 Å². The lowest BCUT2D eigenvalue weighted by molar-refractivity contribution is 0.252. The smallest absolute Gasteiger partial charge is 0.329 e. The summed E-state index contributed by atoms with van der Waals surface area (Å²) in [5, 5.41) is 8.70. The summed E-state index contributed by atoms with van der Waals surface area (Å²) in [6.07, 6.45) is 4.19. The minimum Gasteiger partial charge on any atom is -0.497 e. The molecule has 1 aliphatic rings. The fourth-order valence-electron chi connectivity index (χ4n) is 3.82. The number of halogens is 2. The molecule has 2 aromatic carbocycles. The van der Waals surface area contributed by atoms with Crippen LogP contribution in [0.1, 0.15) is 30.9 Å². The first-order valence-electron chi connectivity index (χ1n) is 10.5. The standard InChI is InChI=1S/C23H25ClFN5O2/c1-28(17-9-12-20(25)19(24)14-17)23(31)30(16-7-10-18(32-2)11-8-16)15-22-27-26-21-6-4-3-5-13-29(21)22/h7-12,14H,3-6,13,15H2,1-2H3. The van der Waals surface area contributed by atoms with E-state index >= 15 is 0 Å². The summed E-state index contributed by atoms with van der Waals surface area (Å²) in [5.41, 5.74) is 1.17.